The molecule has 2 heterocycles. The molecular formula is C20H28ClN5O. The highest BCUT2D eigenvalue weighted by atomic mass is 35.5. The molecule has 0 unspecified atom stereocenters. The molecule has 7 heteroatoms. The highest BCUT2D eigenvalue weighted by Gasteiger charge is 2.20. The van der Waals surface area contributed by atoms with E-state index in [1.807, 2.05) is 18.2 Å². The summed E-state index contributed by atoms with van der Waals surface area (Å²) < 4.78 is 5.31. The molecule has 0 amide bonds. The van der Waals surface area contributed by atoms with Gasteiger partial charge in [-0.2, -0.15) is 0 Å². The summed E-state index contributed by atoms with van der Waals surface area (Å²) in [5.74, 6) is 1.63. The predicted molar refractivity (Wildman–Crippen MR) is 109 cm³/mol. The number of nitrogens with zero attached hydrogens (tertiary/aromatic N) is 3. The Morgan fingerprint density at radius 3 is 2.67 bits per heavy atom. The Kier molecular flexibility index (Phi) is 7.12. The number of aliphatic imine (C=N–C) groups is 1. The van der Waals surface area contributed by atoms with E-state index in [9.17, 15) is 0 Å². The number of rotatable bonds is 6. The maximum atomic E-state index is 5.96. The zero-order chi connectivity index (χ0) is 19.1. The molecule has 1 aliphatic rings. The van der Waals surface area contributed by atoms with Crippen molar-refractivity contribution >= 4 is 17.6 Å². The van der Waals surface area contributed by atoms with Crippen molar-refractivity contribution in [1.29, 1.82) is 0 Å². The highest BCUT2D eigenvalue weighted by molar-refractivity contribution is 6.30. The first-order chi connectivity index (χ1) is 13.2. The van der Waals surface area contributed by atoms with Crippen LogP contribution < -0.4 is 10.6 Å². The van der Waals surface area contributed by atoms with Gasteiger partial charge in [-0.1, -0.05) is 35.8 Å². The Morgan fingerprint density at radius 2 is 2.04 bits per heavy atom. The zero-order valence-corrected chi connectivity index (χ0v) is 16.8. The van der Waals surface area contributed by atoms with Gasteiger partial charge in [-0.25, -0.2) is 0 Å². The Balaban J connectivity index is 1.41. The molecule has 1 saturated heterocycles. The molecule has 0 saturated carbocycles. The molecule has 1 aromatic carbocycles. The zero-order valence-electron chi connectivity index (χ0n) is 16.0. The van der Waals surface area contributed by atoms with Gasteiger partial charge < -0.3 is 15.2 Å². The van der Waals surface area contributed by atoms with Crippen molar-refractivity contribution in [2.45, 2.75) is 45.3 Å². The topological polar surface area (TPSA) is 65.7 Å². The molecule has 1 aliphatic heterocycles. The molecule has 3 rings (SSSR count). The van der Waals surface area contributed by atoms with Crippen LogP contribution in [0.1, 0.15) is 36.8 Å². The van der Waals surface area contributed by atoms with Crippen LogP contribution in [0.2, 0.25) is 5.02 Å². The third-order valence-electron chi connectivity index (χ3n) is 4.87. The second-order valence-corrected chi connectivity index (χ2v) is 7.32. The molecule has 0 atom stereocenters. The molecule has 146 valence electrons. The molecule has 27 heavy (non-hydrogen) atoms. The van der Waals surface area contributed by atoms with Crippen molar-refractivity contribution in [3.63, 3.8) is 0 Å². The Labute approximate surface area is 166 Å². The quantitative estimate of drug-likeness (QED) is 0.586. The van der Waals surface area contributed by atoms with Crippen LogP contribution >= 0.6 is 11.6 Å². The minimum atomic E-state index is 0.429. The fourth-order valence-electron chi connectivity index (χ4n) is 3.25. The van der Waals surface area contributed by atoms with Gasteiger partial charge in [0, 0.05) is 43.8 Å². The van der Waals surface area contributed by atoms with E-state index in [1.165, 1.54) is 5.56 Å². The van der Waals surface area contributed by atoms with E-state index >= 15 is 0 Å². The highest BCUT2D eigenvalue weighted by Crippen LogP contribution is 2.16. The van der Waals surface area contributed by atoms with Gasteiger partial charge in [0.15, 0.2) is 11.7 Å². The van der Waals surface area contributed by atoms with Gasteiger partial charge in [-0.15, -0.1) is 0 Å². The van der Waals surface area contributed by atoms with Crippen LogP contribution in [0.25, 0.3) is 0 Å². The molecule has 6 nitrogen and oxygen atoms in total. The first-order valence-electron chi connectivity index (χ1n) is 9.54. The van der Waals surface area contributed by atoms with Crippen molar-refractivity contribution in [2.75, 3.05) is 20.1 Å². The monoisotopic (exact) mass is 389 g/mol. The number of guanidine groups is 1. The normalized spacial score (nSPS) is 16.5. The Morgan fingerprint density at radius 1 is 1.30 bits per heavy atom. The molecule has 1 fully saturated rings. The molecule has 0 aliphatic carbocycles. The minimum Gasteiger partial charge on any atom is -0.359 e. The fraction of sp³-hybridized carbons (Fsp3) is 0.500. The van der Waals surface area contributed by atoms with Crippen LogP contribution in [0, 0.1) is 0 Å². The van der Waals surface area contributed by atoms with Crippen molar-refractivity contribution in [3.8, 4) is 0 Å². The van der Waals surface area contributed by atoms with Gasteiger partial charge in [0.05, 0.1) is 12.2 Å². The summed E-state index contributed by atoms with van der Waals surface area (Å²) in [5.41, 5.74) is 2.28. The number of hydrogen-bond donors (Lipinski definition) is 2. The lowest BCUT2D eigenvalue weighted by Gasteiger charge is -2.33. The van der Waals surface area contributed by atoms with Gasteiger partial charge >= 0.3 is 0 Å². The molecule has 0 spiro atoms. The summed E-state index contributed by atoms with van der Waals surface area (Å²) in [6.07, 6.45) is 3.07. The van der Waals surface area contributed by atoms with Crippen molar-refractivity contribution in [3.05, 3.63) is 52.4 Å². The molecule has 0 bridgehead atoms. The second-order valence-electron chi connectivity index (χ2n) is 6.89. The lowest BCUT2D eigenvalue weighted by molar-refractivity contribution is 0.198. The average Bonchev–Trinajstić information content (AvgIpc) is 3.16. The molecule has 1 aromatic heterocycles. The largest absolute Gasteiger partial charge is 0.359 e. The number of likely N-dealkylation sites (tertiary alicyclic amines) is 1. The van der Waals surface area contributed by atoms with Gasteiger partial charge in [0.25, 0.3) is 0 Å². The number of aromatic nitrogens is 1. The fourth-order valence-corrected chi connectivity index (χ4v) is 3.37. The number of benzene rings is 1. The summed E-state index contributed by atoms with van der Waals surface area (Å²) >= 11 is 5.96. The standard InChI is InChI=1S/C20H28ClN5O/c1-3-17-12-19(27-25-17)13-23-20(22-2)24-18-8-10-26(11-9-18)14-15-4-6-16(21)7-5-15/h4-7,12,18H,3,8-11,13-14H2,1-2H3,(H2,22,23,24). The van der Waals surface area contributed by atoms with E-state index in [4.69, 9.17) is 16.1 Å². The van der Waals surface area contributed by atoms with Crippen LogP contribution in [0.5, 0.6) is 0 Å². The third kappa shape index (κ3) is 5.97. The third-order valence-corrected chi connectivity index (χ3v) is 5.12. The smallest absolute Gasteiger partial charge is 0.191 e. The van der Waals surface area contributed by atoms with Crippen molar-refractivity contribution < 1.29 is 4.52 Å². The predicted octanol–water partition coefficient (Wildman–Crippen LogP) is 3.22. The van der Waals surface area contributed by atoms with Gasteiger partial charge in [-0.05, 0) is 37.0 Å². The van der Waals surface area contributed by atoms with Gasteiger partial charge in [0.2, 0.25) is 0 Å². The van der Waals surface area contributed by atoms with E-state index in [0.29, 0.717) is 12.6 Å². The summed E-state index contributed by atoms with van der Waals surface area (Å²) in [7, 11) is 1.79. The van der Waals surface area contributed by atoms with E-state index in [1.54, 1.807) is 7.05 Å². The van der Waals surface area contributed by atoms with Crippen LogP contribution in [0.3, 0.4) is 0 Å². The van der Waals surface area contributed by atoms with E-state index in [0.717, 1.165) is 61.3 Å². The number of hydrogen-bond acceptors (Lipinski definition) is 4. The van der Waals surface area contributed by atoms with Gasteiger partial charge in [-0.3, -0.25) is 9.89 Å². The van der Waals surface area contributed by atoms with Crippen LogP contribution in [-0.4, -0.2) is 42.2 Å². The van der Waals surface area contributed by atoms with Crippen LogP contribution in [-0.2, 0) is 19.5 Å². The summed E-state index contributed by atoms with van der Waals surface area (Å²) in [4.78, 5) is 6.81. The lowest BCUT2D eigenvalue weighted by Crippen LogP contribution is -2.48. The van der Waals surface area contributed by atoms with E-state index < -0.39 is 0 Å². The molecular weight excluding hydrogens is 362 g/mol. The molecule has 2 aromatic rings. The first kappa shape index (κ1) is 19.7. The maximum Gasteiger partial charge on any atom is 0.191 e. The second kappa shape index (κ2) is 9.76. The van der Waals surface area contributed by atoms with Crippen molar-refractivity contribution in [1.82, 2.24) is 20.7 Å². The molecule has 2 N–H and O–H groups in total. The summed E-state index contributed by atoms with van der Waals surface area (Å²) in [6, 6.07) is 10.5. The SMILES string of the molecule is CCc1cc(CNC(=NC)NC2CCN(Cc3ccc(Cl)cc3)CC2)on1. The number of halogens is 1. The lowest BCUT2D eigenvalue weighted by atomic mass is 10.0. The maximum absolute atomic E-state index is 5.96. The summed E-state index contributed by atoms with van der Waals surface area (Å²) in [5, 5.41) is 11.6. The number of nitrogens with one attached hydrogen (secondary N) is 2. The molecule has 0 radical (unpaired) electrons. The van der Waals surface area contributed by atoms with E-state index in [2.05, 4.69) is 44.7 Å². The van der Waals surface area contributed by atoms with E-state index in [-0.39, 0.29) is 0 Å². The van der Waals surface area contributed by atoms with Gasteiger partial charge in [0.1, 0.15) is 0 Å². The Bertz CT molecular complexity index is 735. The summed E-state index contributed by atoms with van der Waals surface area (Å²) in [6.45, 7) is 5.76. The number of aryl methyl sites for hydroxylation is 1. The van der Waals surface area contributed by atoms with Crippen molar-refractivity contribution in [2.24, 2.45) is 4.99 Å². The first-order valence-corrected chi connectivity index (χ1v) is 9.92. The minimum absolute atomic E-state index is 0.429. The van der Waals surface area contributed by atoms with Crippen LogP contribution in [0.15, 0.2) is 39.8 Å². The Hall–Kier alpha value is -2.05. The average molecular weight is 390 g/mol. The number of piperidine rings is 1. The van der Waals surface area contributed by atoms with Crippen LogP contribution in [0.4, 0.5) is 0 Å².